The Morgan fingerprint density at radius 1 is 1.14 bits per heavy atom. The summed E-state index contributed by atoms with van der Waals surface area (Å²) in [6.45, 7) is 11.4. The van der Waals surface area contributed by atoms with E-state index in [4.69, 9.17) is 16.3 Å². The first kappa shape index (κ1) is 28.2. The molecule has 2 aromatic carbocycles. The van der Waals surface area contributed by atoms with E-state index in [2.05, 4.69) is 38.0 Å². The SMILES string of the molecule is CCCCOCCCN1C(C(Cl)C(=O)Nc2cc(C(C)(C)C)ccc2C)=Nc2ccccc2S1(=O)=O. The van der Waals surface area contributed by atoms with Gasteiger partial charge in [0.15, 0.2) is 5.38 Å². The number of benzene rings is 2. The first-order valence-electron chi connectivity index (χ1n) is 12.3. The van der Waals surface area contributed by atoms with E-state index < -0.39 is 21.3 Å². The Hall–Kier alpha value is -2.42. The number of rotatable bonds is 10. The number of aliphatic imine (C=N–C) groups is 1. The monoisotopic (exact) mass is 533 g/mol. The number of fused-ring (bicyclic) bond motifs is 1. The molecule has 9 heteroatoms. The molecule has 0 radical (unpaired) electrons. The third kappa shape index (κ3) is 6.47. The predicted molar refractivity (Wildman–Crippen MR) is 146 cm³/mol. The number of carbonyl (C=O) groups excluding carboxylic acids is 1. The van der Waals surface area contributed by atoms with Crippen LogP contribution in [0.4, 0.5) is 11.4 Å². The Kier molecular flexibility index (Phi) is 9.19. The van der Waals surface area contributed by atoms with Gasteiger partial charge in [-0.15, -0.1) is 11.6 Å². The van der Waals surface area contributed by atoms with Crippen LogP contribution >= 0.6 is 11.6 Å². The van der Waals surface area contributed by atoms with Crippen molar-refractivity contribution in [1.82, 2.24) is 4.31 Å². The van der Waals surface area contributed by atoms with Crippen LogP contribution in [-0.4, -0.2) is 49.6 Å². The molecule has 0 fully saturated rings. The Morgan fingerprint density at radius 2 is 1.83 bits per heavy atom. The van der Waals surface area contributed by atoms with Gasteiger partial charge in [-0.05, 0) is 54.5 Å². The zero-order chi connectivity index (χ0) is 26.5. The zero-order valence-corrected chi connectivity index (χ0v) is 23.2. The number of amides is 1. The van der Waals surface area contributed by atoms with Crippen LogP contribution in [0.1, 0.15) is 58.1 Å². The fourth-order valence-electron chi connectivity index (χ4n) is 3.80. The molecule has 3 rings (SSSR count). The number of unbranched alkanes of at least 4 members (excludes halogenated alkanes) is 1. The number of anilines is 1. The normalized spacial score (nSPS) is 15.7. The van der Waals surface area contributed by atoms with Crippen molar-refractivity contribution in [1.29, 1.82) is 0 Å². The number of sulfonamides is 1. The number of para-hydroxylation sites is 1. The lowest BCUT2D eigenvalue weighted by molar-refractivity contribution is -0.114. The van der Waals surface area contributed by atoms with Gasteiger partial charge in [-0.1, -0.05) is 58.4 Å². The van der Waals surface area contributed by atoms with Crippen molar-refractivity contribution in [3.05, 3.63) is 53.6 Å². The van der Waals surface area contributed by atoms with Crippen molar-refractivity contribution in [2.75, 3.05) is 25.1 Å². The van der Waals surface area contributed by atoms with Crippen LogP contribution in [0, 0.1) is 6.92 Å². The summed E-state index contributed by atoms with van der Waals surface area (Å²) >= 11 is 6.63. The first-order valence-corrected chi connectivity index (χ1v) is 14.2. The van der Waals surface area contributed by atoms with E-state index in [0.717, 1.165) is 28.3 Å². The summed E-state index contributed by atoms with van der Waals surface area (Å²) in [5.74, 6) is -0.547. The summed E-state index contributed by atoms with van der Waals surface area (Å²) in [6.07, 6.45) is 2.42. The Balaban J connectivity index is 1.87. The molecule has 196 valence electrons. The van der Waals surface area contributed by atoms with E-state index in [1.807, 2.05) is 25.1 Å². The van der Waals surface area contributed by atoms with Gasteiger partial charge in [0.1, 0.15) is 10.7 Å². The third-order valence-electron chi connectivity index (χ3n) is 6.03. The number of nitrogens with one attached hydrogen (secondary N) is 1. The maximum absolute atomic E-state index is 13.5. The van der Waals surface area contributed by atoms with Crippen LogP contribution < -0.4 is 5.32 Å². The van der Waals surface area contributed by atoms with Crippen LogP contribution in [-0.2, 0) is 25.0 Å². The molecule has 1 heterocycles. The van der Waals surface area contributed by atoms with E-state index in [9.17, 15) is 13.2 Å². The average molecular weight is 534 g/mol. The summed E-state index contributed by atoms with van der Waals surface area (Å²) in [4.78, 5) is 17.9. The molecule has 0 saturated carbocycles. The van der Waals surface area contributed by atoms with Crippen molar-refractivity contribution in [2.24, 2.45) is 4.99 Å². The lowest BCUT2D eigenvalue weighted by Gasteiger charge is -2.31. The minimum absolute atomic E-state index is 0.00828. The predicted octanol–water partition coefficient (Wildman–Crippen LogP) is 5.78. The third-order valence-corrected chi connectivity index (χ3v) is 8.28. The second-order valence-electron chi connectivity index (χ2n) is 9.97. The molecule has 0 saturated heterocycles. The van der Waals surface area contributed by atoms with Crippen molar-refractivity contribution < 1.29 is 17.9 Å². The molecule has 0 aliphatic carbocycles. The lowest BCUT2D eigenvalue weighted by Crippen LogP contribution is -2.47. The average Bonchev–Trinajstić information content (AvgIpc) is 2.82. The van der Waals surface area contributed by atoms with Gasteiger partial charge in [0.25, 0.3) is 10.0 Å². The minimum atomic E-state index is -3.93. The summed E-state index contributed by atoms with van der Waals surface area (Å²) in [5.41, 5.74) is 2.74. The van der Waals surface area contributed by atoms with Gasteiger partial charge >= 0.3 is 0 Å². The number of hydrogen-bond acceptors (Lipinski definition) is 5. The largest absolute Gasteiger partial charge is 0.381 e. The summed E-state index contributed by atoms with van der Waals surface area (Å²) in [7, 11) is -3.93. The summed E-state index contributed by atoms with van der Waals surface area (Å²) < 4.78 is 33.7. The minimum Gasteiger partial charge on any atom is -0.381 e. The Morgan fingerprint density at radius 3 is 2.53 bits per heavy atom. The molecule has 36 heavy (non-hydrogen) atoms. The Labute approximate surface area is 220 Å². The molecule has 0 aromatic heterocycles. The van der Waals surface area contributed by atoms with E-state index in [-0.39, 0.29) is 28.4 Å². The highest BCUT2D eigenvalue weighted by Crippen LogP contribution is 2.34. The molecule has 1 aliphatic rings. The zero-order valence-electron chi connectivity index (χ0n) is 21.7. The van der Waals surface area contributed by atoms with Gasteiger partial charge in [0.05, 0.1) is 5.69 Å². The van der Waals surface area contributed by atoms with Gasteiger partial charge < -0.3 is 10.1 Å². The maximum atomic E-state index is 13.5. The smallest absolute Gasteiger partial charge is 0.267 e. The molecule has 1 atom stereocenters. The molecule has 2 aromatic rings. The van der Waals surface area contributed by atoms with Crippen LogP contribution in [0.25, 0.3) is 0 Å². The molecular weight excluding hydrogens is 498 g/mol. The highest BCUT2D eigenvalue weighted by atomic mass is 35.5. The number of amidine groups is 1. The molecule has 0 spiro atoms. The highest BCUT2D eigenvalue weighted by Gasteiger charge is 2.39. The van der Waals surface area contributed by atoms with Crippen molar-refractivity contribution in [3.63, 3.8) is 0 Å². The number of ether oxygens (including phenoxy) is 1. The molecule has 1 unspecified atom stereocenters. The van der Waals surface area contributed by atoms with Gasteiger partial charge in [-0.25, -0.2) is 13.4 Å². The van der Waals surface area contributed by atoms with Crippen LogP contribution in [0.2, 0.25) is 0 Å². The fourth-order valence-corrected chi connectivity index (χ4v) is 5.71. The van der Waals surface area contributed by atoms with E-state index in [0.29, 0.717) is 25.3 Å². The van der Waals surface area contributed by atoms with Gasteiger partial charge in [-0.2, -0.15) is 0 Å². The number of nitrogens with zero attached hydrogens (tertiary/aromatic N) is 2. The second kappa shape index (κ2) is 11.8. The second-order valence-corrected chi connectivity index (χ2v) is 12.2. The molecule has 7 nitrogen and oxygen atoms in total. The number of carbonyl (C=O) groups is 1. The standard InChI is InChI=1S/C27H36ClN3O4S/c1-6-7-16-35-17-10-15-31-25(29-21-11-8-9-12-23(21)36(31,33)34)24(28)26(32)30-22-18-20(27(3,4)5)14-13-19(22)2/h8-9,11-14,18,24H,6-7,10,15-17H2,1-5H3,(H,30,32). The molecular formula is C27H36ClN3O4S. The van der Waals surface area contributed by atoms with Gasteiger partial charge in [0.2, 0.25) is 5.91 Å². The van der Waals surface area contributed by atoms with Crippen molar-refractivity contribution in [3.8, 4) is 0 Å². The maximum Gasteiger partial charge on any atom is 0.267 e. The first-order chi connectivity index (χ1) is 17.0. The van der Waals surface area contributed by atoms with E-state index in [1.54, 1.807) is 18.2 Å². The van der Waals surface area contributed by atoms with E-state index >= 15 is 0 Å². The quantitative estimate of drug-likeness (QED) is 0.310. The molecule has 1 N–H and O–H groups in total. The number of alkyl halides is 1. The van der Waals surface area contributed by atoms with Gasteiger partial charge in [0, 0.05) is 25.4 Å². The van der Waals surface area contributed by atoms with Crippen molar-refractivity contribution in [2.45, 2.75) is 69.6 Å². The fraction of sp³-hybridized carbons (Fsp3) is 0.481. The number of aryl methyl sites for hydroxylation is 1. The molecule has 0 bridgehead atoms. The number of halogens is 1. The number of hydrogen-bond donors (Lipinski definition) is 1. The molecule has 1 aliphatic heterocycles. The topological polar surface area (TPSA) is 88.1 Å². The Bertz CT molecular complexity index is 1220. The highest BCUT2D eigenvalue weighted by molar-refractivity contribution is 7.90. The van der Waals surface area contributed by atoms with Crippen LogP contribution in [0.15, 0.2) is 52.4 Å². The lowest BCUT2D eigenvalue weighted by atomic mass is 9.86. The van der Waals surface area contributed by atoms with Gasteiger partial charge in [-0.3, -0.25) is 9.10 Å². The van der Waals surface area contributed by atoms with E-state index in [1.165, 1.54) is 6.07 Å². The van der Waals surface area contributed by atoms with Crippen LogP contribution in [0.5, 0.6) is 0 Å². The summed E-state index contributed by atoms with van der Waals surface area (Å²) in [5, 5.41) is 1.57. The van der Waals surface area contributed by atoms with Crippen molar-refractivity contribution >= 4 is 44.7 Å². The summed E-state index contributed by atoms with van der Waals surface area (Å²) in [6, 6.07) is 12.4. The van der Waals surface area contributed by atoms with Crippen LogP contribution in [0.3, 0.4) is 0 Å². The molecule has 1 amide bonds.